The zero-order valence-corrected chi connectivity index (χ0v) is 11.9. The molecule has 108 valence electrons. The van der Waals surface area contributed by atoms with Crippen LogP contribution in [0.3, 0.4) is 0 Å². The number of hydrogen-bond donors (Lipinski definition) is 2. The maximum Gasteiger partial charge on any atom is 0.231 e. The van der Waals surface area contributed by atoms with Crippen molar-refractivity contribution in [1.82, 2.24) is 0 Å². The van der Waals surface area contributed by atoms with Crippen molar-refractivity contribution < 1.29 is 14.3 Å². The Hall–Kier alpha value is -2.20. The van der Waals surface area contributed by atoms with Crippen LogP contribution in [-0.4, -0.2) is 11.0 Å². The van der Waals surface area contributed by atoms with Crippen LogP contribution >= 0.6 is 0 Å². The van der Waals surface area contributed by atoms with Gasteiger partial charge in [0.25, 0.3) is 0 Å². The Kier molecular flexibility index (Phi) is 3.26. The summed E-state index contributed by atoms with van der Waals surface area (Å²) >= 11 is 0. The summed E-state index contributed by atoms with van der Waals surface area (Å²) in [7, 11) is 0. The summed E-state index contributed by atoms with van der Waals surface area (Å²) in [5.74, 6) is -1.13. The first-order valence-corrected chi connectivity index (χ1v) is 6.87. The first-order valence-electron chi connectivity index (χ1n) is 6.87. The summed E-state index contributed by atoms with van der Waals surface area (Å²) in [5, 5.41) is 13.0. The highest BCUT2D eigenvalue weighted by atomic mass is 19.1. The minimum Gasteiger partial charge on any atom is -0.384 e. The predicted molar refractivity (Wildman–Crippen MR) is 78.7 cm³/mol. The molecular formula is C17H16FNO2. The Labute approximate surface area is 122 Å². The molecule has 21 heavy (non-hydrogen) atoms. The molecule has 2 unspecified atom stereocenters. The number of aliphatic hydroxyl groups is 1. The van der Waals surface area contributed by atoms with Crippen LogP contribution in [0.4, 0.5) is 10.1 Å². The van der Waals surface area contributed by atoms with E-state index >= 15 is 0 Å². The Morgan fingerprint density at radius 1 is 1.29 bits per heavy atom. The largest absolute Gasteiger partial charge is 0.384 e. The number of benzene rings is 2. The highest BCUT2D eigenvalue weighted by Crippen LogP contribution is 2.37. The van der Waals surface area contributed by atoms with E-state index in [1.165, 1.54) is 6.07 Å². The van der Waals surface area contributed by atoms with Gasteiger partial charge in [-0.3, -0.25) is 4.79 Å². The molecule has 1 amide bonds. The first kappa shape index (κ1) is 13.8. The SMILES string of the molecule is Cc1ccccc1C(O)c1cc(F)c2c(c1)C(C)C(=O)N2. The molecule has 3 nitrogen and oxygen atoms in total. The number of amides is 1. The van der Waals surface area contributed by atoms with Gasteiger partial charge in [0.15, 0.2) is 0 Å². The molecule has 1 aliphatic heterocycles. The van der Waals surface area contributed by atoms with Crippen LogP contribution < -0.4 is 5.32 Å². The number of carbonyl (C=O) groups is 1. The number of aryl methyl sites for hydroxylation is 1. The molecule has 1 heterocycles. The van der Waals surface area contributed by atoms with Gasteiger partial charge < -0.3 is 10.4 Å². The average molecular weight is 285 g/mol. The Bertz CT molecular complexity index is 727. The molecule has 0 aliphatic carbocycles. The first-order chi connectivity index (χ1) is 9.99. The molecule has 0 saturated heterocycles. The van der Waals surface area contributed by atoms with Crippen LogP contribution in [0.5, 0.6) is 0 Å². The van der Waals surface area contributed by atoms with Gasteiger partial charge in [-0.2, -0.15) is 0 Å². The van der Waals surface area contributed by atoms with E-state index in [1.807, 2.05) is 31.2 Å². The molecule has 0 saturated carbocycles. The lowest BCUT2D eigenvalue weighted by Crippen LogP contribution is -2.08. The highest BCUT2D eigenvalue weighted by Gasteiger charge is 2.30. The molecule has 2 aromatic rings. The highest BCUT2D eigenvalue weighted by molar-refractivity contribution is 6.02. The number of nitrogens with one attached hydrogen (secondary N) is 1. The lowest BCUT2D eigenvalue weighted by Gasteiger charge is -2.16. The van der Waals surface area contributed by atoms with Crippen LogP contribution in [0.25, 0.3) is 0 Å². The van der Waals surface area contributed by atoms with E-state index in [0.29, 0.717) is 11.1 Å². The Morgan fingerprint density at radius 3 is 2.71 bits per heavy atom. The maximum atomic E-state index is 14.1. The van der Waals surface area contributed by atoms with Crippen molar-refractivity contribution in [3.63, 3.8) is 0 Å². The molecule has 0 radical (unpaired) electrons. The fraction of sp³-hybridized carbons (Fsp3) is 0.235. The number of rotatable bonds is 2. The van der Waals surface area contributed by atoms with E-state index in [-0.39, 0.29) is 11.6 Å². The van der Waals surface area contributed by atoms with Gasteiger partial charge in [-0.05, 0) is 48.2 Å². The monoisotopic (exact) mass is 285 g/mol. The molecule has 4 heteroatoms. The van der Waals surface area contributed by atoms with Crippen molar-refractivity contribution in [3.05, 3.63) is 64.5 Å². The minimum atomic E-state index is -0.908. The zero-order chi connectivity index (χ0) is 15.1. The normalized spacial score (nSPS) is 18.3. The standard InChI is InChI=1S/C17H16FNO2/c1-9-5-3-4-6-12(9)16(20)11-7-13-10(2)17(21)19-15(13)14(18)8-11/h3-8,10,16,20H,1-2H3,(H,19,21). The molecule has 1 aliphatic rings. The molecule has 2 aromatic carbocycles. The molecule has 0 bridgehead atoms. The third kappa shape index (κ3) is 2.21. The van der Waals surface area contributed by atoms with E-state index < -0.39 is 17.8 Å². The Morgan fingerprint density at radius 2 is 2.00 bits per heavy atom. The second-order valence-electron chi connectivity index (χ2n) is 5.44. The number of carbonyl (C=O) groups excluding carboxylic acids is 1. The fourth-order valence-corrected chi connectivity index (χ4v) is 2.73. The van der Waals surface area contributed by atoms with Crippen LogP contribution in [0.15, 0.2) is 36.4 Å². The van der Waals surface area contributed by atoms with E-state index in [2.05, 4.69) is 5.32 Å². The second-order valence-corrected chi connectivity index (χ2v) is 5.44. The molecule has 3 rings (SSSR count). The van der Waals surface area contributed by atoms with Gasteiger partial charge >= 0.3 is 0 Å². The molecule has 0 spiro atoms. The van der Waals surface area contributed by atoms with Crippen LogP contribution in [0.2, 0.25) is 0 Å². The summed E-state index contributed by atoms with van der Waals surface area (Å²) in [4.78, 5) is 11.6. The van der Waals surface area contributed by atoms with Crippen molar-refractivity contribution in [2.75, 3.05) is 5.32 Å². The van der Waals surface area contributed by atoms with Gasteiger partial charge in [0.05, 0.1) is 11.6 Å². The number of fused-ring (bicyclic) bond motifs is 1. The quantitative estimate of drug-likeness (QED) is 0.889. The predicted octanol–water partition coefficient (Wildman–Crippen LogP) is 3.27. The third-order valence-corrected chi connectivity index (χ3v) is 4.05. The molecule has 2 N–H and O–H groups in total. The fourth-order valence-electron chi connectivity index (χ4n) is 2.73. The van der Waals surface area contributed by atoms with E-state index in [0.717, 1.165) is 11.1 Å². The van der Waals surface area contributed by atoms with Crippen molar-refractivity contribution in [2.24, 2.45) is 0 Å². The summed E-state index contributed by atoms with van der Waals surface area (Å²) in [6, 6.07) is 10.4. The van der Waals surface area contributed by atoms with Gasteiger partial charge in [-0.1, -0.05) is 24.3 Å². The number of anilines is 1. The van der Waals surface area contributed by atoms with E-state index in [1.54, 1.807) is 13.0 Å². The topological polar surface area (TPSA) is 49.3 Å². The van der Waals surface area contributed by atoms with Crippen molar-refractivity contribution in [1.29, 1.82) is 0 Å². The maximum absolute atomic E-state index is 14.1. The smallest absolute Gasteiger partial charge is 0.231 e. The van der Waals surface area contributed by atoms with Gasteiger partial charge in [-0.15, -0.1) is 0 Å². The summed E-state index contributed by atoms with van der Waals surface area (Å²) in [6.07, 6.45) is -0.908. The van der Waals surface area contributed by atoms with Gasteiger partial charge in [-0.25, -0.2) is 4.39 Å². The molecule has 2 atom stereocenters. The van der Waals surface area contributed by atoms with E-state index in [9.17, 15) is 14.3 Å². The second kappa shape index (κ2) is 4.97. The van der Waals surface area contributed by atoms with Gasteiger partial charge in [0.2, 0.25) is 5.91 Å². The summed E-state index contributed by atoms with van der Waals surface area (Å²) < 4.78 is 14.1. The zero-order valence-electron chi connectivity index (χ0n) is 11.9. The lowest BCUT2D eigenvalue weighted by molar-refractivity contribution is -0.116. The summed E-state index contributed by atoms with van der Waals surface area (Å²) in [5.41, 5.74) is 2.97. The lowest BCUT2D eigenvalue weighted by atomic mass is 9.93. The van der Waals surface area contributed by atoms with Crippen molar-refractivity contribution in [3.8, 4) is 0 Å². The van der Waals surface area contributed by atoms with Crippen LogP contribution in [0, 0.1) is 12.7 Å². The number of aliphatic hydroxyl groups excluding tert-OH is 1. The van der Waals surface area contributed by atoms with Crippen molar-refractivity contribution in [2.45, 2.75) is 25.9 Å². The van der Waals surface area contributed by atoms with E-state index in [4.69, 9.17) is 0 Å². The Balaban J connectivity index is 2.07. The van der Waals surface area contributed by atoms with Gasteiger partial charge in [0.1, 0.15) is 11.9 Å². The number of hydrogen-bond acceptors (Lipinski definition) is 2. The third-order valence-electron chi connectivity index (χ3n) is 4.05. The average Bonchev–Trinajstić information content (AvgIpc) is 2.75. The van der Waals surface area contributed by atoms with Gasteiger partial charge in [0, 0.05) is 0 Å². The molecule has 0 aromatic heterocycles. The summed E-state index contributed by atoms with van der Waals surface area (Å²) in [6.45, 7) is 3.63. The van der Waals surface area contributed by atoms with Crippen LogP contribution in [-0.2, 0) is 4.79 Å². The van der Waals surface area contributed by atoms with Crippen LogP contribution in [0.1, 0.15) is 41.2 Å². The molecular weight excluding hydrogens is 269 g/mol. The minimum absolute atomic E-state index is 0.216. The van der Waals surface area contributed by atoms with Crippen molar-refractivity contribution >= 4 is 11.6 Å². The molecule has 0 fully saturated rings. The number of halogens is 1.